The second-order valence-corrected chi connectivity index (χ2v) is 7.60. The van der Waals surface area contributed by atoms with Crippen LogP contribution in [0.15, 0.2) is 11.0 Å². The largest absolute Gasteiger partial charge is 0.356 e. The minimum Gasteiger partial charge on any atom is -0.356 e. The summed E-state index contributed by atoms with van der Waals surface area (Å²) in [5.74, 6) is 1.44. The highest BCUT2D eigenvalue weighted by Gasteiger charge is 2.20. The van der Waals surface area contributed by atoms with Crippen LogP contribution in [0.2, 0.25) is 0 Å². The molecule has 0 saturated heterocycles. The molecule has 1 aliphatic carbocycles. The Balaban J connectivity index is 1.69. The van der Waals surface area contributed by atoms with E-state index >= 15 is 0 Å². The first kappa shape index (κ1) is 16.0. The van der Waals surface area contributed by atoms with Gasteiger partial charge in [0.25, 0.3) is 5.56 Å². The summed E-state index contributed by atoms with van der Waals surface area (Å²) in [6.45, 7) is 7.00. The zero-order valence-corrected chi connectivity index (χ0v) is 14.4. The molecule has 6 nitrogen and oxygen atoms in total. The number of H-pyrrole nitrogens is 1. The first-order chi connectivity index (χ1) is 10.9. The van der Waals surface area contributed by atoms with Gasteiger partial charge in [0.2, 0.25) is 5.95 Å². The highest BCUT2D eigenvalue weighted by Crippen LogP contribution is 2.28. The summed E-state index contributed by atoms with van der Waals surface area (Å²) in [7, 11) is 0. The van der Waals surface area contributed by atoms with E-state index in [2.05, 4.69) is 41.2 Å². The molecular weight excluding hydrogens is 290 g/mol. The average Bonchev–Trinajstić information content (AvgIpc) is 3.12. The van der Waals surface area contributed by atoms with E-state index in [0.717, 1.165) is 18.9 Å². The number of rotatable bonds is 5. The van der Waals surface area contributed by atoms with Crippen molar-refractivity contribution in [2.24, 2.45) is 5.92 Å². The van der Waals surface area contributed by atoms with E-state index in [9.17, 15) is 4.79 Å². The normalized spacial score (nSPS) is 16.3. The van der Waals surface area contributed by atoms with Gasteiger partial charge in [0.1, 0.15) is 5.39 Å². The monoisotopic (exact) mass is 317 g/mol. The molecule has 23 heavy (non-hydrogen) atoms. The van der Waals surface area contributed by atoms with Gasteiger partial charge in [0, 0.05) is 6.54 Å². The quantitative estimate of drug-likeness (QED) is 0.830. The van der Waals surface area contributed by atoms with Crippen molar-refractivity contribution in [2.75, 3.05) is 11.9 Å². The molecule has 0 radical (unpaired) electrons. The third kappa shape index (κ3) is 3.57. The maximum absolute atomic E-state index is 12.2. The van der Waals surface area contributed by atoms with Crippen LogP contribution in [0.5, 0.6) is 0 Å². The van der Waals surface area contributed by atoms with Crippen molar-refractivity contribution in [1.29, 1.82) is 0 Å². The van der Waals surface area contributed by atoms with Gasteiger partial charge in [-0.15, -0.1) is 0 Å². The lowest BCUT2D eigenvalue weighted by Crippen LogP contribution is -2.24. The summed E-state index contributed by atoms with van der Waals surface area (Å²) in [6.07, 6.45) is 9.51. The van der Waals surface area contributed by atoms with E-state index in [-0.39, 0.29) is 11.1 Å². The van der Waals surface area contributed by atoms with Crippen molar-refractivity contribution in [2.45, 2.75) is 64.8 Å². The molecule has 1 saturated carbocycles. The van der Waals surface area contributed by atoms with Crippen molar-refractivity contribution < 1.29 is 0 Å². The Morgan fingerprint density at radius 1 is 1.35 bits per heavy atom. The molecule has 1 fully saturated rings. The summed E-state index contributed by atoms with van der Waals surface area (Å²) in [6, 6.07) is 0. The van der Waals surface area contributed by atoms with Gasteiger partial charge < -0.3 is 5.32 Å². The first-order valence-electron chi connectivity index (χ1n) is 8.67. The number of anilines is 1. The molecule has 0 spiro atoms. The Morgan fingerprint density at radius 2 is 2.09 bits per heavy atom. The minimum atomic E-state index is -0.206. The maximum atomic E-state index is 12.2. The Bertz CT molecular complexity index is 719. The van der Waals surface area contributed by atoms with Gasteiger partial charge in [-0.2, -0.15) is 10.1 Å². The molecule has 0 unspecified atom stereocenters. The van der Waals surface area contributed by atoms with Crippen LogP contribution >= 0.6 is 0 Å². The molecule has 0 amide bonds. The fraction of sp³-hybridized carbons (Fsp3) is 0.706. The third-order valence-electron chi connectivity index (χ3n) is 4.63. The van der Waals surface area contributed by atoms with Gasteiger partial charge in [0.05, 0.1) is 11.7 Å². The van der Waals surface area contributed by atoms with Crippen LogP contribution < -0.4 is 10.9 Å². The Hall–Kier alpha value is -1.85. The second-order valence-electron chi connectivity index (χ2n) is 7.60. The highest BCUT2D eigenvalue weighted by molar-refractivity contribution is 5.74. The average molecular weight is 317 g/mol. The number of fused-ring (bicyclic) bond motifs is 1. The van der Waals surface area contributed by atoms with Crippen LogP contribution in [0.3, 0.4) is 0 Å². The predicted octanol–water partition coefficient (Wildman–Crippen LogP) is 3.26. The standard InChI is InChI=1S/C17H27N5O/c1-17(2,3)22-14-13(11-19-22)15(23)21-16(20-14)18-10-6-9-12-7-4-5-8-12/h11-12H,4-10H2,1-3H3,(H2,18,20,21,23). The van der Waals surface area contributed by atoms with E-state index in [1.165, 1.54) is 32.1 Å². The summed E-state index contributed by atoms with van der Waals surface area (Å²) in [4.78, 5) is 19.6. The lowest BCUT2D eigenvalue weighted by Gasteiger charge is -2.19. The predicted molar refractivity (Wildman–Crippen MR) is 92.8 cm³/mol. The molecule has 0 aliphatic heterocycles. The van der Waals surface area contributed by atoms with Gasteiger partial charge in [-0.25, -0.2) is 4.68 Å². The molecular formula is C17H27N5O. The topological polar surface area (TPSA) is 75.6 Å². The molecule has 1 aliphatic rings. The van der Waals surface area contributed by atoms with Crippen LogP contribution in [0.1, 0.15) is 59.3 Å². The van der Waals surface area contributed by atoms with E-state index in [1.807, 2.05) is 0 Å². The van der Waals surface area contributed by atoms with Crippen LogP contribution in [0.4, 0.5) is 5.95 Å². The lowest BCUT2D eigenvalue weighted by atomic mass is 10.0. The lowest BCUT2D eigenvalue weighted by molar-refractivity contribution is 0.366. The zero-order valence-electron chi connectivity index (χ0n) is 14.4. The zero-order chi connectivity index (χ0) is 16.4. The van der Waals surface area contributed by atoms with Crippen molar-refractivity contribution >= 4 is 17.0 Å². The fourth-order valence-corrected chi connectivity index (χ4v) is 3.39. The minimum absolute atomic E-state index is 0.135. The molecule has 2 N–H and O–H groups in total. The number of nitrogens with zero attached hydrogens (tertiary/aromatic N) is 3. The SMILES string of the molecule is CC(C)(C)n1ncc2c(=O)[nH]c(NCCCC3CCCC3)nc21. The Labute approximate surface area is 136 Å². The summed E-state index contributed by atoms with van der Waals surface area (Å²) >= 11 is 0. The number of hydrogen-bond donors (Lipinski definition) is 2. The van der Waals surface area contributed by atoms with Gasteiger partial charge in [-0.1, -0.05) is 25.7 Å². The number of nitrogens with one attached hydrogen (secondary N) is 2. The van der Waals surface area contributed by atoms with Gasteiger partial charge in [0.15, 0.2) is 5.65 Å². The summed E-state index contributed by atoms with van der Waals surface area (Å²) in [5, 5.41) is 8.12. The molecule has 6 heteroatoms. The van der Waals surface area contributed by atoms with E-state index in [4.69, 9.17) is 0 Å². The van der Waals surface area contributed by atoms with E-state index in [0.29, 0.717) is 17.0 Å². The molecule has 0 aromatic carbocycles. The molecule has 2 aromatic rings. The summed E-state index contributed by atoms with van der Waals surface area (Å²) < 4.78 is 1.81. The Morgan fingerprint density at radius 3 is 2.78 bits per heavy atom. The van der Waals surface area contributed by atoms with Crippen molar-refractivity contribution in [3.63, 3.8) is 0 Å². The highest BCUT2D eigenvalue weighted by atomic mass is 16.1. The van der Waals surface area contributed by atoms with Gasteiger partial charge in [-0.05, 0) is 39.5 Å². The molecule has 0 bridgehead atoms. The smallest absolute Gasteiger partial charge is 0.263 e. The molecule has 2 aromatic heterocycles. The van der Waals surface area contributed by atoms with Gasteiger partial charge in [-0.3, -0.25) is 9.78 Å². The number of hydrogen-bond acceptors (Lipinski definition) is 4. The first-order valence-corrected chi connectivity index (χ1v) is 8.67. The molecule has 0 atom stereocenters. The number of aromatic nitrogens is 4. The third-order valence-corrected chi connectivity index (χ3v) is 4.63. The van der Waals surface area contributed by atoms with E-state index < -0.39 is 0 Å². The van der Waals surface area contributed by atoms with Crippen LogP contribution in [-0.2, 0) is 5.54 Å². The van der Waals surface area contributed by atoms with Crippen LogP contribution in [-0.4, -0.2) is 26.3 Å². The van der Waals surface area contributed by atoms with E-state index in [1.54, 1.807) is 10.9 Å². The fourth-order valence-electron chi connectivity index (χ4n) is 3.39. The summed E-state index contributed by atoms with van der Waals surface area (Å²) in [5.41, 5.74) is 0.297. The number of aromatic amines is 1. The second kappa shape index (κ2) is 6.34. The molecule has 126 valence electrons. The molecule has 2 heterocycles. The molecule has 3 rings (SSSR count). The van der Waals surface area contributed by atoms with Crippen molar-refractivity contribution in [3.8, 4) is 0 Å². The Kier molecular flexibility index (Phi) is 4.41. The maximum Gasteiger partial charge on any atom is 0.263 e. The van der Waals surface area contributed by atoms with Crippen molar-refractivity contribution in [1.82, 2.24) is 19.7 Å². The van der Waals surface area contributed by atoms with Crippen LogP contribution in [0.25, 0.3) is 11.0 Å². The van der Waals surface area contributed by atoms with Crippen molar-refractivity contribution in [3.05, 3.63) is 16.6 Å². The van der Waals surface area contributed by atoms with Crippen LogP contribution in [0, 0.1) is 5.92 Å². The van der Waals surface area contributed by atoms with Gasteiger partial charge >= 0.3 is 0 Å².